The summed E-state index contributed by atoms with van der Waals surface area (Å²) < 4.78 is 60.8. The van der Waals surface area contributed by atoms with Crippen LogP contribution in [0.3, 0.4) is 0 Å². The first-order valence-electron chi connectivity index (χ1n) is 8.07. The van der Waals surface area contributed by atoms with E-state index in [1.54, 1.807) is 13.8 Å². The van der Waals surface area contributed by atoms with Gasteiger partial charge in [-0.15, -0.1) is 0 Å². The zero-order chi connectivity index (χ0) is 20.8. The Morgan fingerprint density at radius 3 is 2.19 bits per heavy atom. The van der Waals surface area contributed by atoms with E-state index >= 15 is 0 Å². The molecule has 1 aliphatic rings. The molecule has 0 spiro atoms. The minimum Gasteiger partial charge on any atom is -0.481 e. The third-order valence-electron chi connectivity index (χ3n) is 5.90. The fourth-order valence-electron chi connectivity index (χ4n) is 4.33. The molecule has 1 aromatic carbocycles. The van der Waals surface area contributed by atoms with Crippen molar-refractivity contribution >= 4 is 5.97 Å². The fraction of sp³-hybridized carbons (Fsp3) is 0.474. The highest BCUT2D eigenvalue weighted by Gasteiger charge is 2.85. The standard InChI is InChI=1S/C19H19F4NO3/c1-10(8-24)6-18(9-27-4)17(2,3)19(18,16(25)26)7-11-14(22)12(20)5-13(21)15(11)23/h5-6H,7,9H2,1-4H3,(H,25,26). The number of rotatable bonds is 6. The second-order valence-electron chi connectivity index (χ2n) is 7.30. The second-order valence-corrected chi connectivity index (χ2v) is 7.30. The predicted molar refractivity (Wildman–Crippen MR) is 87.5 cm³/mol. The van der Waals surface area contributed by atoms with Gasteiger partial charge in [0, 0.05) is 29.7 Å². The summed E-state index contributed by atoms with van der Waals surface area (Å²) in [4.78, 5) is 12.3. The summed E-state index contributed by atoms with van der Waals surface area (Å²) in [6, 6.07) is 1.95. The largest absolute Gasteiger partial charge is 0.481 e. The van der Waals surface area contributed by atoms with Gasteiger partial charge in [-0.3, -0.25) is 4.79 Å². The van der Waals surface area contributed by atoms with Gasteiger partial charge in [-0.05, 0) is 18.8 Å². The van der Waals surface area contributed by atoms with Gasteiger partial charge in [0.25, 0.3) is 0 Å². The van der Waals surface area contributed by atoms with Crippen molar-refractivity contribution in [2.75, 3.05) is 13.7 Å². The molecular formula is C19H19F4NO3. The molecule has 1 saturated carbocycles. The van der Waals surface area contributed by atoms with E-state index in [2.05, 4.69) is 0 Å². The normalized spacial score (nSPS) is 26.6. The van der Waals surface area contributed by atoms with Gasteiger partial charge in [0.05, 0.1) is 18.1 Å². The maximum Gasteiger partial charge on any atom is 0.311 e. The monoisotopic (exact) mass is 385 g/mol. The molecule has 0 aliphatic heterocycles. The number of hydrogen-bond donors (Lipinski definition) is 1. The quantitative estimate of drug-likeness (QED) is 0.457. The lowest BCUT2D eigenvalue weighted by Crippen LogP contribution is -2.30. The van der Waals surface area contributed by atoms with Crippen molar-refractivity contribution in [3.05, 3.63) is 46.5 Å². The van der Waals surface area contributed by atoms with Gasteiger partial charge in [0.2, 0.25) is 0 Å². The third kappa shape index (κ3) is 2.64. The molecule has 1 N–H and O–H groups in total. The average molecular weight is 385 g/mol. The molecular weight excluding hydrogens is 366 g/mol. The lowest BCUT2D eigenvalue weighted by molar-refractivity contribution is -0.146. The Morgan fingerprint density at radius 1 is 1.26 bits per heavy atom. The molecule has 0 amide bonds. The van der Waals surface area contributed by atoms with Crippen molar-refractivity contribution in [3.63, 3.8) is 0 Å². The number of carbonyl (C=O) groups is 1. The molecule has 0 bridgehead atoms. The van der Waals surface area contributed by atoms with E-state index in [1.807, 2.05) is 6.07 Å². The number of benzene rings is 1. The Kier molecular flexibility index (Phi) is 5.14. The number of carboxylic acids is 1. The Balaban J connectivity index is 2.74. The second kappa shape index (κ2) is 6.64. The van der Waals surface area contributed by atoms with Crippen molar-refractivity contribution in [1.82, 2.24) is 0 Å². The van der Waals surface area contributed by atoms with Gasteiger partial charge >= 0.3 is 5.97 Å². The van der Waals surface area contributed by atoms with Crippen LogP contribution < -0.4 is 0 Å². The number of nitrogens with zero attached hydrogens (tertiary/aromatic N) is 1. The third-order valence-corrected chi connectivity index (χ3v) is 5.90. The Labute approximate surface area is 154 Å². The summed E-state index contributed by atoms with van der Waals surface area (Å²) in [7, 11) is 1.32. The van der Waals surface area contributed by atoms with Crippen LogP contribution in [0.5, 0.6) is 0 Å². The molecule has 1 aliphatic carbocycles. The van der Waals surface area contributed by atoms with Gasteiger partial charge in [-0.2, -0.15) is 5.26 Å². The molecule has 8 heteroatoms. The molecule has 0 heterocycles. The van der Waals surface area contributed by atoms with Crippen LogP contribution in [0.15, 0.2) is 17.7 Å². The summed E-state index contributed by atoms with van der Waals surface area (Å²) in [5, 5.41) is 19.1. The molecule has 1 aromatic rings. The summed E-state index contributed by atoms with van der Waals surface area (Å²) in [6.07, 6.45) is 0.594. The van der Waals surface area contributed by atoms with E-state index < -0.39 is 57.5 Å². The minimum atomic E-state index is -1.84. The van der Waals surface area contributed by atoms with Crippen LogP contribution >= 0.6 is 0 Å². The van der Waals surface area contributed by atoms with Gasteiger partial charge in [-0.25, -0.2) is 17.6 Å². The van der Waals surface area contributed by atoms with Crippen LogP contribution in [0.25, 0.3) is 0 Å². The molecule has 2 atom stereocenters. The maximum atomic E-state index is 14.2. The van der Waals surface area contributed by atoms with Crippen molar-refractivity contribution in [3.8, 4) is 6.07 Å². The molecule has 1 fully saturated rings. The Morgan fingerprint density at radius 2 is 1.78 bits per heavy atom. The van der Waals surface area contributed by atoms with Crippen LogP contribution in [0.2, 0.25) is 0 Å². The van der Waals surface area contributed by atoms with Crippen LogP contribution in [0.4, 0.5) is 17.6 Å². The van der Waals surface area contributed by atoms with E-state index in [0.717, 1.165) is 0 Å². The van der Waals surface area contributed by atoms with E-state index in [1.165, 1.54) is 20.1 Å². The van der Waals surface area contributed by atoms with Crippen LogP contribution in [-0.2, 0) is 16.0 Å². The molecule has 27 heavy (non-hydrogen) atoms. The first-order valence-corrected chi connectivity index (χ1v) is 8.07. The van der Waals surface area contributed by atoms with Gasteiger partial charge in [0.1, 0.15) is 0 Å². The van der Waals surface area contributed by atoms with Gasteiger partial charge in [-0.1, -0.05) is 19.9 Å². The number of aliphatic carboxylic acids is 1. The topological polar surface area (TPSA) is 70.3 Å². The van der Waals surface area contributed by atoms with Gasteiger partial charge in [0.15, 0.2) is 23.3 Å². The zero-order valence-electron chi connectivity index (χ0n) is 15.3. The predicted octanol–water partition coefficient (Wildman–Crippen LogP) is 4.00. The Hall–Kier alpha value is -2.40. The summed E-state index contributed by atoms with van der Waals surface area (Å²) >= 11 is 0. The molecule has 0 radical (unpaired) electrons. The van der Waals surface area contributed by atoms with Crippen LogP contribution in [-0.4, -0.2) is 24.8 Å². The summed E-state index contributed by atoms with van der Waals surface area (Å²) in [5.74, 6) is -7.89. The van der Waals surface area contributed by atoms with Crippen LogP contribution in [0.1, 0.15) is 26.3 Å². The molecule has 146 valence electrons. The van der Waals surface area contributed by atoms with Crippen molar-refractivity contribution < 1.29 is 32.2 Å². The molecule has 0 saturated heterocycles. The molecule has 0 aromatic heterocycles. The molecule has 2 rings (SSSR count). The van der Waals surface area contributed by atoms with Crippen molar-refractivity contribution in [2.24, 2.45) is 16.2 Å². The van der Waals surface area contributed by atoms with E-state index in [9.17, 15) is 27.5 Å². The molecule has 2 unspecified atom stereocenters. The number of ether oxygens (including phenoxy) is 1. The number of halogens is 4. The highest BCUT2D eigenvalue weighted by atomic mass is 19.2. The zero-order valence-corrected chi connectivity index (χ0v) is 15.3. The minimum absolute atomic E-state index is 0.0712. The maximum absolute atomic E-state index is 14.2. The van der Waals surface area contributed by atoms with Gasteiger partial charge < -0.3 is 9.84 Å². The lowest BCUT2D eigenvalue weighted by Gasteiger charge is -2.20. The van der Waals surface area contributed by atoms with E-state index in [0.29, 0.717) is 0 Å². The van der Waals surface area contributed by atoms with Crippen molar-refractivity contribution in [2.45, 2.75) is 27.2 Å². The van der Waals surface area contributed by atoms with Crippen molar-refractivity contribution in [1.29, 1.82) is 5.26 Å². The van der Waals surface area contributed by atoms with E-state index in [4.69, 9.17) is 10.00 Å². The first kappa shape index (κ1) is 20.9. The SMILES string of the molecule is COCC1(C=C(C)C#N)C(C)(C)C1(Cc1c(F)c(F)cc(F)c1F)C(=O)O. The average Bonchev–Trinajstić information content (AvgIpc) is 2.99. The smallest absolute Gasteiger partial charge is 0.311 e. The molecule has 4 nitrogen and oxygen atoms in total. The number of methoxy groups -OCH3 is 1. The number of hydrogen-bond acceptors (Lipinski definition) is 3. The van der Waals surface area contributed by atoms with Crippen LogP contribution in [0, 0.1) is 50.8 Å². The number of carboxylic acid groups (broad SMARTS) is 1. The van der Waals surface area contributed by atoms with E-state index in [-0.39, 0.29) is 18.2 Å². The summed E-state index contributed by atoms with van der Waals surface area (Å²) in [6.45, 7) is 4.40. The number of allylic oxidation sites excluding steroid dienone is 1. The first-order chi connectivity index (χ1) is 12.4. The highest BCUT2D eigenvalue weighted by molar-refractivity contribution is 5.84. The number of nitriles is 1. The highest BCUT2D eigenvalue weighted by Crippen LogP contribution is 2.80. The Bertz CT molecular complexity index is 848. The lowest BCUT2D eigenvalue weighted by atomic mass is 9.85. The summed E-state index contributed by atoms with van der Waals surface area (Å²) in [5.41, 5.74) is -5.06. The fourth-order valence-corrected chi connectivity index (χ4v) is 4.33.